The lowest BCUT2D eigenvalue weighted by Gasteiger charge is -2.34. The number of likely N-dealkylation sites (N-methyl/N-ethyl adjacent to an activating group) is 1. The lowest BCUT2D eigenvalue weighted by molar-refractivity contribution is 0.313. The molecule has 43 heavy (non-hydrogen) atoms. The molecular formula is C32H39N7O3S. The van der Waals surface area contributed by atoms with Gasteiger partial charge in [0.15, 0.2) is 0 Å². The van der Waals surface area contributed by atoms with Crippen LogP contribution in [0.15, 0.2) is 71.9 Å². The van der Waals surface area contributed by atoms with Gasteiger partial charge < -0.3 is 14.5 Å². The number of nitrogens with zero attached hydrogens (tertiary/aromatic N) is 6. The first kappa shape index (κ1) is 29.1. The van der Waals surface area contributed by atoms with Crippen molar-refractivity contribution in [1.29, 1.82) is 0 Å². The summed E-state index contributed by atoms with van der Waals surface area (Å²) in [5.41, 5.74) is 4.14. The Morgan fingerprint density at radius 2 is 1.70 bits per heavy atom. The van der Waals surface area contributed by atoms with Crippen molar-refractivity contribution in [3.63, 3.8) is 0 Å². The Morgan fingerprint density at radius 3 is 2.35 bits per heavy atom. The standard InChI is InChI=1S/C32H39N7O3S/c1-23(2)32(13-14-32)20-24-7-5-6-8-28(24)29-19-30(35-31(34-29)36-43(40,41)27-21-33-38(4)22-27)42-26-11-9-25(10-12-26)39-17-15-37(3)16-18-39/h5-12,19,21-23H,13-18,20H2,1-4H3,(H,34,35,36). The zero-order chi connectivity index (χ0) is 30.2. The molecule has 1 aliphatic heterocycles. The predicted molar refractivity (Wildman–Crippen MR) is 168 cm³/mol. The van der Waals surface area contributed by atoms with E-state index in [1.165, 1.54) is 35.5 Å². The van der Waals surface area contributed by atoms with Crippen molar-refractivity contribution in [2.24, 2.45) is 18.4 Å². The van der Waals surface area contributed by atoms with Crippen molar-refractivity contribution < 1.29 is 13.2 Å². The quantitative estimate of drug-likeness (QED) is 0.265. The highest BCUT2D eigenvalue weighted by molar-refractivity contribution is 7.92. The molecule has 1 N–H and O–H groups in total. The molecule has 1 saturated carbocycles. The van der Waals surface area contributed by atoms with E-state index in [2.05, 4.69) is 56.6 Å². The van der Waals surface area contributed by atoms with Gasteiger partial charge in [-0.15, -0.1) is 0 Å². The van der Waals surface area contributed by atoms with Crippen molar-refractivity contribution in [2.75, 3.05) is 42.8 Å². The van der Waals surface area contributed by atoms with Crippen LogP contribution in [0.25, 0.3) is 11.3 Å². The summed E-state index contributed by atoms with van der Waals surface area (Å²) in [6, 6.07) is 17.9. The zero-order valence-electron chi connectivity index (χ0n) is 25.2. The molecule has 0 atom stereocenters. The summed E-state index contributed by atoms with van der Waals surface area (Å²) < 4.78 is 36.6. The Bertz CT molecular complexity index is 1690. The Hall–Kier alpha value is -3.96. The smallest absolute Gasteiger partial charge is 0.267 e. The van der Waals surface area contributed by atoms with E-state index < -0.39 is 10.0 Å². The number of ether oxygens (including phenoxy) is 1. The van der Waals surface area contributed by atoms with Crippen LogP contribution in [0.4, 0.5) is 11.6 Å². The molecule has 1 aliphatic carbocycles. The van der Waals surface area contributed by atoms with Gasteiger partial charge in [-0.3, -0.25) is 4.68 Å². The van der Waals surface area contributed by atoms with E-state index in [4.69, 9.17) is 4.74 Å². The van der Waals surface area contributed by atoms with Gasteiger partial charge in [-0.05, 0) is 67.5 Å². The lowest BCUT2D eigenvalue weighted by atomic mass is 9.84. The topological polar surface area (TPSA) is 105 Å². The van der Waals surface area contributed by atoms with E-state index in [-0.39, 0.29) is 16.7 Å². The van der Waals surface area contributed by atoms with Crippen LogP contribution in [0, 0.1) is 11.3 Å². The van der Waals surface area contributed by atoms with Gasteiger partial charge in [-0.25, -0.2) is 18.1 Å². The monoisotopic (exact) mass is 601 g/mol. The molecule has 1 saturated heterocycles. The summed E-state index contributed by atoms with van der Waals surface area (Å²) >= 11 is 0. The Morgan fingerprint density at radius 1 is 0.977 bits per heavy atom. The molecule has 3 heterocycles. The number of sulfonamides is 1. The van der Waals surface area contributed by atoms with Crippen LogP contribution in [-0.4, -0.2) is 66.3 Å². The van der Waals surface area contributed by atoms with Crippen LogP contribution < -0.4 is 14.4 Å². The number of hydrogen-bond donors (Lipinski definition) is 1. The van der Waals surface area contributed by atoms with Crippen molar-refractivity contribution in [1.82, 2.24) is 24.6 Å². The van der Waals surface area contributed by atoms with Gasteiger partial charge in [-0.2, -0.15) is 10.1 Å². The highest BCUT2D eigenvalue weighted by Gasteiger charge is 2.45. The molecule has 2 aromatic heterocycles. The van der Waals surface area contributed by atoms with E-state index >= 15 is 0 Å². The minimum absolute atomic E-state index is 0.0268. The molecule has 0 unspecified atom stereocenters. The van der Waals surface area contributed by atoms with Crippen LogP contribution in [0.2, 0.25) is 0 Å². The molecule has 2 fully saturated rings. The number of aryl methyl sites for hydroxylation is 1. The maximum atomic E-state index is 13.2. The second-order valence-electron chi connectivity index (χ2n) is 12.1. The highest BCUT2D eigenvalue weighted by atomic mass is 32.2. The van der Waals surface area contributed by atoms with Crippen molar-refractivity contribution in [2.45, 2.75) is 38.0 Å². The molecule has 2 aromatic carbocycles. The van der Waals surface area contributed by atoms with Gasteiger partial charge in [0.1, 0.15) is 10.6 Å². The Kier molecular flexibility index (Phi) is 7.87. The molecule has 0 radical (unpaired) electrons. The van der Waals surface area contributed by atoms with Crippen molar-refractivity contribution in [3.05, 3.63) is 72.6 Å². The number of benzene rings is 2. The Balaban J connectivity index is 1.33. The second-order valence-corrected chi connectivity index (χ2v) is 13.8. The number of rotatable bonds is 10. The van der Waals surface area contributed by atoms with Crippen LogP contribution in [0.5, 0.6) is 11.6 Å². The third-order valence-corrected chi connectivity index (χ3v) is 10.1. The number of aromatic nitrogens is 4. The third kappa shape index (κ3) is 6.52. The zero-order valence-corrected chi connectivity index (χ0v) is 26.0. The van der Waals surface area contributed by atoms with Crippen molar-refractivity contribution in [3.8, 4) is 22.9 Å². The third-order valence-electron chi connectivity index (χ3n) is 8.80. The van der Waals surface area contributed by atoms with E-state index in [0.29, 0.717) is 22.8 Å². The number of piperazine rings is 1. The summed E-state index contributed by atoms with van der Waals surface area (Å²) in [7, 11) is -0.161. The lowest BCUT2D eigenvalue weighted by Crippen LogP contribution is -2.44. The number of anilines is 2. The predicted octanol–water partition coefficient (Wildman–Crippen LogP) is 5.20. The maximum Gasteiger partial charge on any atom is 0.267 e. The Labute approximate surface area is 253 Å². The second kappa shape index (κ2) is 11.6. The minimum Gasteiger partial charge on any atom is -0.439 e. The van der Waals surface area contributed by atoms with Crippen molar-refractivity contribution >= 4 is 21.7 Å². The average Bonchev–Trinajstić information content (AvgIpc) is 3.63. The molecule has 10 nitrogen and oxygen atoms in total. The maximum absolute atomic E-state index is 13.2. The molecule has 6 rings (SSSR count). The van der Waals surface area contributed by atoms with E-state index in [0.717, 1.165) is 43.9 Å². The fraction of sp³-hybridized carbons (Fsp3) is 0.406. The first-order valence-corrected chi connectivity index (χ1v) is 16.3. The van der Waals surface area contributed by atoms with Gasteiger partial charge in [0.2, 0.25) is 11.8 Å². The largest absolute Gasteiger partial charge is 0.439 e. The van der Waals surface area contributed by atoms with Crippen LogP contribution in [0.3, 0.4) is 0 Å². The molecule has 0 bridgehead atoms. The van der Waals surface area contributed by atoms with E-state index in [1.54, 1.807) is 13.1 Å². The summed E-state index contributed by atoms with van der Waals surface area (Å²) in [6.07, 6.45) is 6.07. The van der Waals surface area contributed by atoms with Gasteiger partial charge in [0.25, 0.3) is 10.0 Å². The van der Waals surface area contributed by atoms with Gasteiger partial charge in [0, 0.05) is 56.7 Å². The molecule has 11 heteroatoms. The fourth-order valence-corrected chi connectivity index (χ4v) is 6.64. The SMILES string of the molecule is CC(C)C1(Cc2ccccc2-c2cc(Oc3ccc(N4CCN(C)CC4)cc3)nc(NS(=O)(=O)c3cnn(C)c3)n2)CC1. The molecule has 2 aliphatic rings. The highest BCUT2D eigenvalue weighted by Crippen LogP contribution is 2.54. The van der Waals surface area contributed by atoms with Gasteiger partial charge >= 0.3 is 0 Å². The van der Waals surface area contributed by atoms with Crippen LogP contribution in [-0.2, 0) is 23.5 Å². The van der Waals surface area contributed by atoms with Crippen LogP contribution >= 0.6 is 0 Å². The van der Waals surface area contributed by atoms with E-state index in [9.17, 15) is 8.42 Å². The normalized spacial score (nSPS) is 16.8. The minimum atomic E-state index is -3.97. The van der Waals surface area contributed by atoms with Gasteiger partial charge in [0.05, 0.1) is 11.9 Å². The van der Waals surface area contributed by atoms with Crippen LogP contribution in [0.1, 0.15) is 32.3 Å². The molecule has 226 valence electrons. The average molecular weight is 602 g/mol. The summed E-state index contributed by atoms with van der Waals surface area (Å²) in [5, 5.41) is 4.00. The number of hydrogen-bond acceptors (Lipinski definition) is 8. The first-order chi connectivity index (χ1) is 20.6. The van der Waals surface area contributed by atoms with Gasteiger partial charge in [-0.1, -0.05) is 38.1 Å². The summed E-state index contributed by atoms with van der Waals surface area (Å²) in [6.45, 7) is 8.58. The molecular weight excluding hydrogens is 562 g/mol. The fourth-order valence-electron chi connectivity index (χ4n) is 5.71. The summed E-state index contributed by atoms with van der Waals surface area (Å²) in [4.78, 5) is 13.9. The molecule has 0 amide bonds. The first-order valence-electron chi connectivity index (χ1n) is 14.8. The number of nitrogens with one attached hydrogen (secondary N) is 1. The van der Waals surface area contributed by atoms with E-state index in [1.807, 2.05) is 42.5 Å². The molecule has 4 aromatic rings. The molecule has 0 spiro atoms. The summed E-state index contributed by atoms with van der Waals surface area (Å²) in [5.74, 6) is 1.36.